The summed E-state index contributed by atoms with van der Waals surface area (Å²) in [5.74, 6) is -1.52. The highest BCUT2D eigenvalue weighted by atomic mass is 35.5. The van der Waals surface area contributed by atoms with Crippen LogP contribution in [0.3, 0.4) is 0 Å². The minimum Gasteiger partial charge on any atom is -0.505 e. The first-order valence-corrected chi connectivity index (χ1v) is 11.9. The minimum absolute atomic E-state index is 0.0706. The second kappa shape index (κ2) is 8.28. The molecule has 10 heteroatoms. The number of carbonyl (C=O) groups excluding carboxylic acids is 1. The number of halogens is 2. The number of rotatable bonds is 4. The number of hydrogen-bond acceptors (Lipinski definition) is 5. The number of aliphatic hydroxyl groups is 1. The van der Waals surface area contributed by atoms with Gasteiger partial charge in [0.25, 0.3) is 5.91 Å². The summed E-state index contributed by atoms with van der Waals surface area (Å²) in [6, 6.07) is 4.96. The SMILES string of the molecule is O=C(O)C1=CC=C(C(=O)N2CCC(O)C2)[SH]1c1csc(-c2ccc(Cl)c(Cl)c2)c1O. The molecular weight excluding hydrogens is 469 g/mol. The van der Waals surface area contributed by atoms with E-state index in [1.165, 1.54) is 28.4 Å². The van der Waals surface area contributed by atoms with Gasteiger partial charge >= 0.3 is 5.97 Å². The number of aliphatic carboxylic acids is 1. The van der Waals surface area contributed by atoms with Crippen LogP contribution in [0.2, 0.25) is 10.0 Å². The van der Waals surface area contributed by atoms with Crippen molar-refractivity contribution in [1.82, 2.24) is 4.90 Å². The molecule has 158 valence electrons. The highest BCUT2D eigenvalue weighted by Gasteiger charge is 2.36. The third-order valence-corrected chi connectivity index (χ3v) is 9.34. The van der Waals surface area contributed by atoms with E-state index in [2.05, 4.69) is 0 Å². The second-order valence-corrected chi connectivity index (χ2v) is 10.7. The second-order valence-electron chi connectivity index (χ2n) is 6.87. The number of carboxylic acid groups (broad SMARTS) is 1. The van der Waals surface area contributed by atoms with E-state index < -0.39 is 23.0 Å². The molecule has 2 aliphatic rings. The number of allylic oxidation sites excluding steroid dienone is 2. The summed E-state index contributed by atoms with van der Waals surface area (Å²) < 4.78 is 0. The van der Waals surface area contributed by atoms with Crippen LogP contribution >= 0.6 is 45.4 Å². The topological polar surface area (TPSA) is 98.1 Å². The summed E-state index contributed by atoms with van der Waals surface area (Å²) in [5.41, 5.74) is 0.646. The zero-order valence-corrected chi connectivity index (χ0v) is 18.6. The van der Waals surface area contributed by atoms with E-state index in [0.717, 1.165) is 0 Å². The van der Waals surface area contributed by atoms with Crippen molar-refractivity contribution < 1.29 is 24.9 Å². The van der Waals surface area contributed by atoms with Gasteiger partial charge in [-0.25, -0.2) is 4.79 Å². The van der Waals surface area contributed by atoms with Gasteiger partial charge in [-0.15, -0.1) is 11.3 Å². The summed E-state index contributed by atoms with van der Waals surface area (Å²) in [6.07, 6.45) is 2.84. The first kappa shape index (κ1) is 21.3. The predicted octanol–water partition coefficient (Wildman–Crippen LogP) is 4.25. The van der Waals surface area contributed by atoms with Crippen LogP contribution in [0.15, 0.2) is 50.4 Å². The van der Waals surface area contributed by atoms with Gasteiger partial charge in [-0.05, 0) is 36.3 Å². The number of hydrogen-bond donors (Lipinski definition) is 4. The zero-order valence-electron chi connectivity index (χ0n) is 15.4. The molecule has 6 nitrogen and oxygen atoms in total. The van der Waals surface area contributed by atoms with E-state index in [9.17, 15) is 24.9 Å². The van der Waals surface area contributed by atoms with Crippen LogP contribution in [-0.2, 0) is 9.59 Å². The standard InChI is InChI=1S/C20H17Cl2NO5S2/c21-12-2-1-10(7-13(12)22)18-17(25)16(9-29-18)30-14(3-4-15(30)20(27)28)19(26)23-6-5-11(24)8-23/h1-4,7,9,11,24-25,30H,5-6,8H2,(H,27,28). The van der Waals surface area contributed by atoms with Gasteiger partial charge in [0.05, 0.1) is 30.8 Å². The number of nitrogens with zero attached hydrogens (tertiary/aromatic N) is 1. The van der Waals surface area contributed by atoms with E-state index in [4.69, 9.17) is 23.2 Å². The number of thiol groups is 1. The van der Waals surface area contributed by atoms with Crippen LogP contribution < -0.4 is 0 Å². The fourth-order valence-corrected chi connectivity index (χ4v) is 7.31. The molecule has 2 aromatic rings. The summed E-state index contributed by atoms with van der Waals surface area (Å²) in [7, 11) is -1.73. The summed E-state index contributed by atoms with van der Waals surface area (Å²) in [4.78, 5) is 27.7. The van der Waals surface area contributed by atoms with Crippen LogP contribution in [0.25, 0.3) is 10.4 Å². The van der Waals surface area contributed by atoms with Crippen LogP contribution in [0.4, 0.5) is 0 Å². The molecule has 4 rings (SSSR count). The monoisotopic (exact) mass is 485 g/mol. The minimum atomic E-state index is -1.73. The van der Waals surface area contributed by atoms with E-state index in [1.807, 2.05) is 0 Å². The Morgan fingerprint density at radius 3 is 2.53 bits per heavy atom. The summed E-state index contributed by atoms with van der Waals surface area (Å²) >= 11 is 13.3. The molecule has 0 radical (unpaired) electrons. The Labute approximate surface area is 189 Å². The maximum absolute atomic E-state index is 13.0. The highest BCUT2D eigenvalue weighted by Crippen LogP contribution is 2.60. The molecule has 1 fully saturated rings. The first-order valence-electron chi connectivity index (χ1n) is 8.96. The van der Waals surface area contributed by atoms with Crippen LogP contribution in [-0.4, -0.2) is 51.3 Å². The van der Waals surface area contributed by atoms with Crippen LogP contribution in [0.5, 0.6) is 5.75 Å². The maximum atomic E-state index is 13.0. The van der Waals surface area contributed by atoms with Crippen LogP contribution in [0.1, 0.15) is 6.42 Å². The molecule has 0 bridgehead atoms. The van der Waals surface area contributed by atoms with Gasteiger partial charge in [-0.1, -0.05) is 29.3 Å². The van der Waals surface area contributed by atoms with Gasteiger partial charge in [0, 0.05) is 23.4 Å². The molecule has 2 atom stereocenters. The molecule has 1 saturated heterocycles. The summed E-state index contributed by atoms with van der Waals surface area (Å²) in [5, 5.41) is 32.8. The third kappa shape index (κ3) is 3.74. The molecule has 3 heterocycles. The van der Waals surface area contributed by atoms with Crippen molar-refractivity contribution in [3.05, 3.63) is 55.6 Å². The van der Waals surface area contributed by atoms with Gasteiger partial charge in [0.2, 0.25) is 0 Å². The van der Waals surface area contributed by atoms with Crippen molar-refractivity contribution in [1.29, 1.82) is 0 Å². The lowest BCUT2D eigenvalue weighted by atomic mass is 10.2. The average Bonchev–Trinajstić information content (AvgIpc) is 3.41. The molecule has 3 N–H and O–H groups in total. The lowest BCUT2D eigenvalue weighted by Crippen LogP contribution is -2.30. The molecule has 30 heavy (non-hydrogen) atoms. The lowest BCUT2D eigenvalue weighted by Gasteiger charge is -2.24. The number of thiophene rings is 1. The van der Waals surface area contributed by atoms with Crippen molar-refractivity contribution in [2.24, 2.45) is 0 Å². The van der Waals surface area contributed by atoms with Crippen LogP contribution in [0, 0.1) is 0 Å². The number of benzene rings is 1. The Morgan fingerprint density at radius 2 is 1.90 bits per heavy atom. The largest absolute Gasteiger partial charge is 0.505 e. The molecule has 1 aromatic carbocycles. The van der Waals surface area contributed by atoms with E-state index in [-0.39, 0.29) is 23.1 Å². The lowest BCUT2D eigenvalue weighted by molar-refractivity contribution is -0.131. The number of likely N-dealkylation sites (tertiary alicyclic amines) is 1. The summed E-state index contributed by atoms with van der Waals surface area (Å²) in [6.45, 7) is 0.624. The van der Waals surface area contributed by atoms with Crippen molar-refractivity contribution >= 4 is 57.3 Å². The van der Waals surface area contributed by atoms with E-state index >= 15 is 0 Å². The Bertz CT molecular complexity index is 1110. The van der Waals surface area contributed by atoms with Crippen molar-refractivity contribution in [2.75, 3.05) is 13.1 Å². The first-order chi connectivity index (χ1) is 14.3. The number of aliphatic hydroxyl groups excluding tert-OH is 1. The average molecular weight is 486 g/mol. The van der Waals surface area contributed by atoms with Gasteiger partial charge in [-0.3, -0.25) is 4.79 Å². The quantitative estimate of drug-likeness (QED) is 0.485. The van der Waals surface area contributed by atoms with Gasteiger partial charge in [-0.2, -0.15) is 10.9 Å². The number of carbonyl (C=O) groups is 2. The van der Waals surface area contributed by atoms with Gasteiger partial charge < -0.3 is 20.2 Å². The van der Waals surface area contributed by atoms with E-state index in [1.54, 1.807) is 23.6 Å². The highest BCUT2D eigenvalue weighted by molar-refractivity contribution is 8.25. The molecule has 2 unspecified atom stereocenters. The third-order valence-electron chi connectivity index (χ3n) is 4.94. The van der Waals surface area contributed by atoms with Gasteiger partial charge in [0.1, 0.15) is 5.75 Å². The zero-order chi connectivity index (χ0) is 21.6. The predicted molar refractivity (Wildman–Crippen MR) is 120 cm³/mol. The fraction of sp³-hybridized carbons (Fsp3) is 0.200. The maximum Gasteiger partial charge on any atom is 0.341 e. The van der Waals surface area contributed by atoms with E-state index in [0.29, 0.717) is 43.3 Å². The van der Waals surface area contributed by atoms with Crippen molar-refractivity contribution in [3.8, 4) is 16.2 Å². The smallest absolute Gasteiger partial charge is 0.341 e. The number of carboxylic acids is 1. The number of β-amino-alcohol motifs (C(OH)–C–C–N with tert-alkyl or cyclic N) is 1. The Balaban J connectivity index is 1.72. The molecule has 1 aromatic heterocycles. The molecule has 0 saturated carbocycles. The molecular formula is C20H17Cl2NO5S2. The normalized spacial score (nSPS) is 22.2. The Morgan fingerprint density at radius 1 is 1.17 bits per heavy atom. The molecule has 1 amide bonds. The van der Waals surface area contributed by atoms with Crippen molar-refractivity contribution in [2.45, 2.75) is 17.4 Å². The number of aromatic hydroxyl groups is 1. The van der Waals surface area contributed by atoms with Gasteiger partial charge in [0.15, 0.2) is 0 Å². The number of amides is 1. The fourth-order valence-electron chi connectivity index (χ4n) is 3.46. The molecule has 0 spiro atoms. The Kier molecular flexibility index (Phi) is 5.87. The van der Waals surface area contributed by atoms with Crippen molar-refractivity contribution in [3.63, 3.8) is 0 Å². The molecule has 2 aliphatic heterocycles. The molecule has 0 aliphatic carbocycles. The Hall–Kier alpha value is -1.97.